The highest BCUT2D eigenvalue weighted by Crippen LogP contribution is 2.24. The van der Waals surface area contributed by atoms with E-state index in [9.17, 15) is 18.0 Å². The number of rotatable bonds is 5. The highest BCUT2D eigenvalue weighted by molar-refractivity contribution is 7.89. The van der Waals surface area contributed by atoms with Crippen LogP contribution in [0, 0.1) is 6.92 Å². The lowest BCUT2D eigenvalue weighted by Crippen LogP contribution is -2.23. The minimum absolute atomic E-state index is 0.0312. The van der Waals surface area contributed by atoms with Crippen molar-refractivity contribution in [1.29, 1.82) is 0 Å². The Morgan fingerprint density at radius 1 is 1.11 bits per heavy atom. The molecule has 3 rings (SSSR count). The largest absolute Gasteiger partial charge is 0.322 e. The van der Waals surface area contributed by atoms with Crippen LogP contribution in [0.4, 0.5) is 11.4 Å². The first-order valence-electron chi connectivity index (χ1n) is 8.58. The summed E-state index contributed by atoms with van der Waals surface area (Å²) in [5.41, 5.74) is 2.32. The van der Waals surface area contributed by atoms with Crippen molar-refractivity contribution in [1.82, 2.24) is 4.72 Å². The Hall–Kier alpha value is -2.71. The third kappa shape index (κ3) is 4.01. The van der Waals surface area contributed by atoms with E-state index in [0.717, 1.165) is 12.1 Å². The third-order valence-electron chi connectivity index (χ3n) is 4.54. The van der Waals surface area contributed by atoms with Gasteiger partial charge in [0.15, 0.2) is 0 Å². The molecule has 1 aliphatic rings. The third-order valence-corrected chi connectivity index (χ3v) is 5.95. The van der Waals surface area contributed by atoms with Crippen LogP contribution in [0.3, 0.4) is 0 Å². The van der Waals surface area contributed by atoms with Crippen molar-refractivity contribution in [3.63, 3.8) is 0 Å². The normalized spacial score (nSPS) is 14.4. The van der Waals surface area contributed by atoms with Crippen molar-refractivity contribution >= 4 is 33.2 Å². The number of benzene rings is 2. The SMILES string of the molecule is CNS(=O)(=O)c1ccc(C)c(C(=O)Nc2ccc(N3CCCC3=O)cc2)c1. The minimum atomic E-state index is -3.63. The number of anilines is 2. The van der Waals surface area contributed by atoms with Crippen molar-refractivity contribution in [2.24, 2.45) is 0 Å². The zero-order valence-corrected chi connectivity index (χ0v) is 16.0. The molecule has 0 radical (unpaired) electrons. The van der Waals surface area contributed by atoms with E-state index in [1.54, 1.807) is 42.2 Å². The summed E-state index contributed by atoms with van der Waals surface area (Å²) in [6.45, 7) is 2.45. The monoisotopic (exact) mass is 387 g/mol. The highest BCUT2D eigenvalue weighted by atomic mass is 32.2. The molecule has 27 heavy (non-hydrogen) atoms. The average molecular weight is 387 g/mol. The number of nitrogens with one attached hydrogen (secondary N) is 2. The van der Waals surface area contributed by atoms with Gasteiger partial charge in [0.05, 0.1) is 4.90 Å². The van der Waals surface area contributed by atoms with Crippen LogP contribution in [0.1, 0.15) is 28.8 Å². The summed E-state index contributed by atoms with van der Waals surface area (Å²) in [6, 6.07) is 11.4. The van der Waals surface area contributed by atoms with Crippen molar-refractivity contribution < 1.29 is 18.0 Å². The quantitative estimate of drug-likeness (QED) is 0.823. The summed E-state index contributed by atoms with van der Waals surface area (Å²) in [6.07, 6.45) is 1.41. The van der Waals surface area contributed by atoms with Gasteiger partial charge in [0.2, 0.25) is 15.9 Å². The number of amides is 2. The fourth-order valence-electron chi connectivity index (χ4n) is 2.98. The molecular formula is C19H21N3O4S. The lowest BCUT2D eigenvalue weighted by Gasteiger charge is -2.16. The van der Waals surface area contributed by atoms with E-state index in [2.05, 4.69) is 10.0 Å². The first kappa shape index (κ1) is 19.1. The standard InChI is InChI=1S/C19H21N3O4S/c1-13-5-10-16(27(25,26)20-2)12-17(13)19(24)21-14-6-8-15(9-7-14)22-11-3-4-18(22)23/h5-10,12,20H,3-4,11H2,1-2H3,(H,21,24). The number of sulfonamides is 1. The summed E-state index contributed by atoms with van der Waals surface area (Å²) in [4.78, 5) is 26.2. The van der Waals surface area contributed by atoms with E-state index in [-0.39, 0.29) is 16.4 Å². The van der Waals surface area contributed by atoms with Gasteiger partial charge < -0.3 is 10.2 Å². The Kier molecular flexibility index (Phi) is 5.29. The molecule has 0 spiro atoms. The Morgan fingerprint density at radius 2 is 1.81 bits per heavy atom. The number of nitrogens with zero attached hydrogens (tertiary/aromatic N) is 1. The van der Waals surface area contributed by atoms with Crippen LogP contribution in [0.25, 0.3) is 0 Å². The van der Waals surface area contributed by atoms with Gasteiger partial charge in [-0.2, -0.15) is 0 Å². The van der Waals surface area contributed by atoms with E-state index >= 15 is 0 Å². The Labute approximate surface area is 158 Å². The van der Waals surface area contributed by atoms with Gasteiger partial charge in [-0.25, -0.2) is 13.1 Å². The molecule has 0 unspecified atom stereocenters. The fourth-order valence-corrected chi connectivity index (χ4v) is 3.73. The summed E-state index contributed by atoms with van der Waals surface area (Å²) >= 11 is 0. The van der Waals surface area contributed by atoms with E-state index in [4.69, 9.17) is 0 Å². The summed E-state index contributed by atoms with van der Waals surface area (Å²) in [5.74, 6) is -0.296. The van der Waals surface area contributed by atoms with Crippen LogP contribution in [0.15, 0.2) is 47.4 Å². The van der Waals surface area contributed by atoms with Crippen LogP contribution in [0.5, 0.6) is 0 Å². The maximum absolute atomic E-state index is 12.6. The van der Waals surface area contributed by atoms with Crippen molar-refractivity contribution in [2.75, 3.05) is 23.8 Å². The second-order valence-corrected chi connectivity index (χ2v) is 8.22. The molecule has 2 amide bonds. The van der Waals surface area contributed by atoms with Gasteiger partial charge in [0, 0.05) is 29.9 Å². The number of hydrogen-bond acceptors (Lipinski definition) is 4. The number of hydrogen-bond donors (Lipinski definition) is 2. The van der Waals surface area contributed by atoms with Crippen molar-refractivity contribution in [2.45, 2.75) is 24.7 Å². The molecule has 1 heterocycles. The molecule has 0 bridgehead atoms. The van der Waals surface area contributed by atoms with E-state index in [1.807, 2.05) is 0 Å². The predicted octanol–water partition coefficient (Wildman–Crippen LogP) is 2.28. The molecule has 0 aliphatic carbocycles. The molecule has 0 atom stereocenters. The van der Waals surface area contributed by atoms with Crippen LogP contribution in [-0.2, 0) is 14.8 Å². The first-order valence-corrected chi connectivity index (χ1v) is 10.1. The molecule has 1 saturated heterocycles. The van der Waals surface area contributed by atoms with Gasteiger partial charge in [-0.15, -0.1) is 0 Å². The molecular weight excluding hydrogens is 366 g/mol. The van der Waals surface area contributed by atoms with Gasteiger partial charge in [0.1, 0.15) is 0 Å². The predicted molar refractivity (Wildman–Crippen MR) is 103 cm³/mol. The minimum Gasteiger partial charge on any atom is -0.322 e. The van der Waals surface area contributed by atoms with Crippen LogP contribution >= 0.6 is 0 Å². The molecule has 2 aromatic rings. The number of carbonyl (C=O) groups is 2. The topological polar surface area (TPSA) is 95.6 Å². The van der Waals surface area contributed by atoms with E-state index < -0.39 is 15.9 Å². The molecule has 7 nitrogen and oxygen atoms in total. The molecule has 142 valence electrons. The Morgan fingerprint density at radius 3 is 2.41 bits per heavy atom. The van der Waals surface area contributed by atoms with Crippen LogP contribution in [-0.4, -0.2) is 33.8 Å². The second kappa shape index (κ2) is 7.50. The molecule has 1 aliphatic heterocycles. The van der Waals surface area contributed by atoms with Crippen molar-refractivity contribution in [3.05, 3.63) is 53.6 Å². The molecule has 1 fully saturated rings. The Bertz CT molecular complexity index is 985. The zero-order valence-electron chi connectivity index (χ0n) is 15.2. The van der Waals surface area contributed by atoms with E-state index in [0.29, 0.717) is 24.2 Å². The van der Waals surface area contributed by atoms with Gasteiger partial charge >= 0.3 is 0 Å². The maximum Gasteiger partial charge on any atom is 0.255 e. The highest BCUT2D eigenvalue weighted by Gasteiger charge is 2.21. The average Bonchev–Trinajstić information content (AvgIpc) is 3.08. The lowest BCUT2D eigenvalue weighted by atomic mass is 10.1. The first-order chi connectivity index (χ1) is 12.8. The lowest BCUT2D eigenvalue weighted by molar-refractivity contribution is -0.117. The Balaban J connectivity index is 1.79. The van der Waals surface area contributed by atoms with Gasteiger partial charge in [-0.3, -0.25) is 9.59 Å². The van der Waals surface area contributed by atoms with Crippen LogP contribution < -0.4 is 14.9 Å². The fraction of sp³-hybridized carbons (Fsp3) is 0.263. The number of aryl methyl sites for hydroxylation is 1. The molecule has 2 aromatic carbocycles. The zero-order chi connectivity index (χ0) is 19.6. The van der Waals surface area contributed by atoms with Gasteiger partial charge in [0.25, 0.3) is 5.91 Å². The van der Waals surface area contributed by atoms with Crippen molar-refractivity contribution in [3.8, 4) is 0 Å². The maximum atomic E-state index is 12.6. The molecule has 8 heteroatoms. The smallest absolute Gasteiger partial charge is 0.255 e. The van der Waals surface area contributed by atoms with E-state index in [1.165, 1.54) is 19.2 Å². The molecule has 0 saturated carbocycles. The van der Waals surface area contributed by atoms with Gasteiger partial charge in [-0.05, 0) is 62.4 Å². The molecule has 2 N–H and O–H groups in total. The molecule has 0 aromatic heterocycles. The van der Waals surface area contributed by atoms with Gasteiger partial charge in [-0.1, -0.05) is 6.07 Å². The van der Waals surface area contributed by atoms with Crippen LogP contribution in [0.2, 0.25) is 0 Å². The second-order valence-electron chi connectivity index (χ2n) is 6.33. The summed E-state index contributed by atoms with van der Waals surface area (Å²) in [5, 5.41) is 2.77. The number of carbonyl (C=O) groups excluding carboxylic acids is 2. The summed E-state index contributed by atoms with van der Waals surface area (Å²) in [7, 11) is -2.31. The summed E-state index contributed by atoms with van der Waals surface area (Å²) < 4.78 is 26.2.